The van der Waals surface area contributed by atoms with Crippen molar-refractivity contribution in [1.82, 2.24) is 0 Å². The molecule has 1 aliphatic heterocycles. The molecule has 4 heteroatoms. The van der Waals surface area contributed by atoms with Gasteiger partial charge in [-0.3, -0.25) is 9.59 Å². The molecule has 4 rings (SSSR count). The van der Waals surface area contributed by atoms with E-state index in [4.69, 9.17) is 0 Å². The van der Waals surface area contributed by atoms with Gasteiger partial charge in [-0.15, -0.1) is 0 Å². The predicted molar refractivity (Wildman–Crippen MR) is 90.2 cm³/mol. The number of carbonyl (C=O) groups excluding carboxylic acids is 2. The number of rotatable bonds is 3. The summed E-state index contributed by atoms with van der Waals surface area (Å²) < 4.78 is 0. The quantitative estimate of drug-likeness (QED) is 0.871. The summed E-state index contributed by atoms with van der Waals surface area (Å²) in [5.41, 5.74) is 2.83. The van der Waals surface area contributed by atoms with E-state index in [1.807, 2.05) is 30.0 Å². The number of fused-ring (bicyclic) bond motifs is 2. The number of amides is 2. The number of anilines is 2. The number of hydrogen-bond acceptors (Lipinski definition) is 2. The van der Waals surface area contributed by atoms with Gasteiger partial charge in [0, 0.05) is 30.3 Å². The Labute approximate surface area is 136 Å². The first kappa shape index (κ1) is 14.5. The van der Waals surface area contributed by atoms with Crippen molar-refractivity contribution < 1.29 is 9.59 Å². The van der Waals surface area contributed by atoms with Crippen LogP contribution in [-0.4, -0.2) is 18.4 Å². The SMILES string of the molecule is Cc1cc(NC(=O)[C@@H]2C[C@H]3C=C[C@H]2C3)ccc1N1CCCC1=O. The molecule has 3 aliphatic rings. The van der Waals surface area contributed by atoms with Gasteiger partial charge in [-0.05, 0) is 61.8 Å². The Morgan fingerprint density at radius 3 is 2.74 bits per heavy atom. The van der Waals surface area contributed by atoms with E-state index in [2.05, 4.69) is 17.5 Å². The molecule has 0 spiro atoms. The van der Waals surface area contributed by atoms with E-state index in [0.29, 0.717) is 18.3 Å². The summed E-state index contributed by atoms with van der Waals surface area (Å²) >= 11 is 0. The second-order valence-corrected chi connectivity index (χ2v) is 7.03. The number of carbonyl (C=O) groups is 2. The normalized spacial score (nSPS) is 28.7. The molecule has 2 aliphatic carbocycles. The first-order valence-electron chi connectivity index (χ1n) is 8.52. The summed E-state index contributed by atoms with van der Waals surface area (Å²) in [7, 11) is 0. The molecule has 1 saturated heterocycles. The standard InChI is InChI=1S/C19H22N2O2/c1-12-9-15(6-7-17(12)21-8-2-3-18(21)22)20-19(23)16-11-13-4-5-14(16)10-13/h4-7,9,13-14,16H,2-3,8,10-11H2,1H3,(H,20,23)/t13-,14-,16+/m0/s1. The molecule has 2 fully saturated rings. The lowest BCUT2D eigenvalue weighted by Crippen LogP contribution is -2.26. The van der Waals surface area contributed by atoms with Crippen molar-refractivity contribution in [3.05, 3.63) is 35.9 Å². The monoisotopic (exact) mass is 310 g/mol. The number of nitrogens with one attached hydrogen (secondary N) is 1. The van der Waals surface area contributed by atoms with Gasteiger partial charge in [0.05, 0.1) is 0 Å². The minimum atomic E-state index is 0.116. The molecule has 1 heterocycles. The maximum absolute atomic E-state index is 12.5. The molecule has 23 heavy (non-hydrogen) atoms. The van der Waals surface area contributed by atoms with Crippen molar-refractivity contribution in [2.24, 2.45) is 17.8 Å². The zero-order valence-corrected chi connectivity index (χ0v) is 13.4. The number of benzene rings is 1. The van der Waals surface area contributed by atoms with Crippen LogP contribution in [0.15, 0.2) is 30.4 Å². The summed E-state index contributed by atoms with van der Waals surface area (Å²) in [6.45, 7) is 2.79. The van der Waals surface area contributed by atoms with E-state index in [1.54, 1.807) is 0 Å². The van der Waals surface area contributed by atoms with Gasteiger partial charge in [0.2, 0.25) is 11.8 Å². The van der Waals surface area contributed by atoms with Gasteiger partial charge in [0.25, 0.3) is 0 Å². The van der Waals surface area contributed by atoms with Crippen molar-refractivity contribution >= 4 is 23.2 Å². The lowest BCUT2D eigenvalue weighted by Gasteiger charge is -2.20. The summed E-state index contributed by atoms with van der Waals surface area (Å²) in [6, 6.07) is 5.84. The van der Waals surface area contributed by atoms with Crippen LogP contribution in [0.1, 0.15) is 31.2 Å². The van der Waals surface area contributed by atoms with Crippen LogP contribution >= 0.6 is 0 Å². The Balaban J connectivity index is 1.47. The average molecular weight is 310 g/mol. The fraction of sp³-hybridized carbons (Fsp3) is 0.474. The van der Waals surface area contributed by atoms with Gasteiger partial charge in [-0.25, -0.2) is 0 Å². The van der Waals surface area contributed by atoms with Crippen molar-refractivity contribution in [2.75, 3.05) is 16.8 Å². The van der Waals surface area contributed by atoms with Crippen molar-refractivity contribution in [1.29, 1.82) is 0 Å². The van der Waals surface area contributed by atoms with Crippen LogP contribution in [0.2, 0.25) is 0 Å². The summed E-state index contributed by atoms with van der Waals surface area (Å²) in [5, 5.41) is 3.06. The maximum Gasteiger partial charge on any atom is 0.228 e. The van der Waals surface area contributed by atoms with Crippen LogP contribution in [0, 0.1) is 24.7 Å². The van der Waals surface area contributed by atoms with Gasteiger partial charge < -0.3 is 10.2 Å². The second kappa shape index (κ2) is 5.52. The average Bonchev–Trinajstić information content (AvgIpc) is 3.24. The molecule has 4 nitrogen and oxygen atoms in total. The third-order valence-corrected chi connectivity index (χ3v) is 5.44. The zero-order valence-electron chi connectivity index (χ0n) is 13.4. The van der Waals surface area contributed by atoms with Crippen molar-refractivity contribution in [3.8, 4) is 0 Å². The van der Waals surface area contributed by atoms with E-state index in [9.17, 15) is 9.59 Å². The Hall–Kier alpha value is -2.10. The van der Waals surface area contributed by atoms with Crippen molar-refractivity contribution in [2.45, 2.75) is 32.6 Å². The molecular weight excluding hydrogens is 288 g/mol. The first-order valence-corrected chi connectivity index (χ1v) is 8.52. The highest BCUT2D eigenvalue weighted by molar-refractivity contribution is 5.97. The van der Waals surface area contributed by atoms with Crippen molar-refractivity contribution in [3.63, 3.8) is 0 Å². The van der Waals surface area contributed by atoms with Crippen LogP contribution in [0.5, 0.6) is 0 Å². The Morgan fingerprint density at radius 1 is 1.26 bits per heavy atom. The zero-order chi connectivity index (χ0) is 16.0. The van der Waals surface area contributed by atoms with Crippen LogP contribution < -0.4 is 10.2 Å². The maximum atomic E-state index is 12.5. The summed E-state index contributed by atoms with van der Waals surface area (Å²) in [6.07, 6.45) is 8.12. The fourth-order valence-electron chi connectivity index (χ4n) is 4.26. The number of allylic oxidation sites excluding steroid dienone is 2. The second-order valence-electron chi connectivity index (χ2n) is 7.03. The first-order chi connectivity index (χ1) is 11.1. The minimum absolute atomic E-state index is 0.116. The third kappa shape index (κ3) is 2.56. The van der Waals surface area contributed by atoms with Crippen LogP contribution in [-0.2, 0) is 9.59 Å². The lowest BCUT2D eigenvalue weighted by atomic mass is 9.93. The molecule has 2 amide bonds. The predicted octanol–water partition coefficient (Wildman–Crippen LogP) is 3.27. The topological polar surface area (TPSA) is 49.4 Å². The molecular formula is C19H22N2O2. The molecule has 120 valence electrons. The van der Waals surface area contributed by atoms with Gasteiger partial charge in [0.15, 0.2) is 0 Å². The Morgan fingerprint density at radius 2 is 2.13 bits per heavy atom. The summed E-state index contributed by atoms with van der Waals surface area (Å²) in [5.74, 6) is 1.46. The van der Waals surface area contributed by atoms with Gasteiger partial charge in [0.1, 0.15) is 0 Å². The van der Waals surface area contributed by atoms with Crippen LogP contribution in [0.3, 0.4) is 0 Å². The highest BCUT2D eigenvalue weighted by Crippen LogP contribution is 2.43. The highest BCUT2D eigenvalue weighted by atomic mass is 16.2. The lowest BCUT2D eigenvalue weighted by molar-refractivity contribution is -0.120. The van der Waals surface area contributed by atoms with Gasteiger partial charge >= 0.3 is 0 Å². The number of aryl methyl sites for hydroxylation is 1. The number of hydrogen-bond donors (Lipinski definition) is 1. The molecule has 1 aromatic rings. The Kier molecular flexibility index (Phi) is 3.47. The highest BCUT2D eigenvalue weighted by Gasteiger charge is 2.39. The fourth-order valence-corrected chi connectivity index (χ4v) is 4.26. The van der Waals surface area contributed by atoms with Crippen LogP contribution in [0.4, 0.5) is 11.4 Å². The smallest absolute Gasteiger partial charge is 0.228 e. The van der Waals surface area contributed by atoms with E-state index < -0.39 is 0 Å². The minimum Gasteiger partial charge on any atom is -0.326 e. The van der Waals surface area contributed by atoms with E-state index in [-0.39, 0.29) is 17.7 Å². The molecule has 1 aromatic carbocycles. The summed E-state index contributed by atoms with van der Waals surface area (Å²) in [4.78, 5) is 26.2. The molecule has 0 radical (unpaired) electrons. The van der Waals surface area contributed by atoms with Gasteiger partial charge in [-0.1, -0.05) is 12.2 Å². The molecule has 1 saturated carbocycles. The van der Waals surface area contributed by atoms with Crippen LogP contribution in [0.25, 0.3) is 0 Å². The molecule has 1 N–H and O–H groups in total. The van der Waals surface area contributed by atoms with E-state index >= 15 is 0 Å². The number of nitrogens with zero attached hydrogens (tertiary/aromatic N) is 1. The third-order valence-electron chi connectivity index (χ3n) is 5.44. The molecule has 3 atom stereocenters. The van der Waals surface area contributed by atoms with E-state index in [0.717, 1.165) is 42.7 Å². The van der Waals surface area contributed by atoms with E-state index in [1.165, 1.54) is 0 Å². The van der Waals surface area contributed by atoms with Gasteiger partial charge in [-0.2, -0.15) is 0 Å². The Bertz CT molecular complexity index is 695. The molecule has 0 unspecified atom stereocenters. The molecule has 2 bridgehead atoms. The molecule has 0 aromatic heterocycles. The largest absolute Gasteiger partial charge is 0.326 e.